The van der Waals surface area contributed by atoms with E-state index >= 15 is 0 Å². The van der Waals surface area contributed by atoms with Gasteiger partial charge in [0.15, 0.2) is 9.84 Å². The Hall–Kier alpha value is -0.920. The summed E-state index contributed by atoms with van der Waals surface area (Å²) in [4.78, 5) is 0.0929. The van der Waals surface area contributed by atoms with Crippen LogP contribution in [0.2, 0.25) is 0 Å². The molecule has 0 bridgehead atoms. The Bertz CT molecular complexity index is 617. The molecule has 2 rings (SSSR count). The van der Waals surface area contributed by atoms with Crippen molar-refractivity contribution in [1.29, 1.82) is 0 Å². The lowest BCUT2D eigenvalue weighted by Crippen LogP contribution is -2.39. The highest BCUT2D eigenvalue weighted by molar-refractivity contribution is 7.92. The molecule has 7 heteroatoms. The quantitative estimate of drug-likeness (QED) is 0.765. The molecule has 1 aromatic carbocycles. The van der Waals surface area contributed by atoms with Crippen molar-refractivity contribution in [2.75, 3.05) is 18.1 Å². The van der Waals surface area contributed by atoms with Crippen molar-refractivity contribution in [3.63, 3.8) is 0 Å². The van der Waals surface area contributed by atoms with E-state index in [0.29, 0.717) is 0 Å². The van der Waals surface area contributed by atoms with E-state index in [1.54, 1.807) is 12.1 Å². The maximum Gasteiger partial charge on any atom is 0.296 e. The van der Waals surface area contributed by atoms with Crippen LogP contribution >= 0.6 is 0 Å². The minimum atomic E-state index is -3.78. The molecule has 1 fully saturated rings. The van der Waals surface area contributed by atoms with Gasteiger partial charge in [0, 0.05) is 5.92 Å². The molecule has 0 aromatic heterocycles. The van der Waals surface area contributed by atoms with E-state index in [0.717, 1.165) is 5.56 Å². The topological polar surface area (TPSA) is 77.5 Å². The molecular formula is C11H14O5S2. The van der Waals surface area contributed by atoms with Crippen molar-refractivity contribution < 1.29 is 21.0 Å². The van der Waals surface area contributed by atoms with Crippen LogP contribution in [0.25, 0.3) is 0 Å². The van der Waals surface area contributed by atoms with E-state index in [-0.39, 0.29) is 28.9 Å². The molecule has 1 heterocycles. The van der Waals surface area contributed by atoms with E-state index in [9.17, 15) is 16.8 Å². The average molecular weight is 290 g/mol. The zero-order valence-electron chi connectivity index (χ0n) is 9.87. The van der Waals surface area contributed by atoms with Gasteiger partial charge < -0.3 is 0 Å². The first-order valence-electron chi connectivity index (χ1n) is 5.45. The van der Waals surface area contributed by atoms with Gasteiger partial charge in [0.1, 0.15) is 0 Å². The normalized spacial score (nSPS) is 19.4. The lowest BCUT2D eigenvalue weighted by atomic mass is 10.2. The summed E-state index contributed by atoms with van der Waals surface area (Å²) in [6, 6.07) is 6.32. The van der Waals surface area contributed by atoms with Gasteiger partial charge in [-0.2, -0.15) is 8.42 Å². The van der Waals surface area contributed by atoms with Crippen molar-refractivity contribution in [2.24, 2.45) is 5.92 Å². The number of sulfone groups is 1. The van der Waals surface area contributed by atoms with Crippen molar-refractivity contribution >= 4 is 20.0 Å². The van der Waals surface area contributed by atoms with Crippen LogP contribution in [0.15, 0.2) is 29.2 Å². The standard InChI is InChI=1S/C11H14O5S2/c1-9-2-4-11(5-3-9)18(14,15)16-6-10-7-17(12,13)8-10/h2-5,10H,6-8H2,1H3. The van der Waals surface area contributed by atoms with Gasteiger partial charge in [-0.1, -0.05) is 17.7 Å². The predicted molar refractivity (Wildman–Crippen MR) is 66.5 cm³/mol. The summed E-state index contributed by atoms with van der Waals surface area (Å²) in [5.74, 6) is -0.192. The van der Waals surface area contributed by atoms with Crippen molar-refractivity contribution in [1.82, 2.24) is 0 Å². The summed E-state index contributed by atoms with van der Waals surface area (Å²) in [6.07, 6.45) is 0. The fourth-order valence-electron chi connectivity index (χ4n) is 1.72. The third-order valence-electron chi connectivity index (χ3n) is 2.75. The Balaban J connectivity index is 1.98. The van der Waals surface area contributed by atoms with Crippen LogP contribution in [-0.2, 0) is 24.1 Å². The van der Waals surface area contributed by atoms with E-state index in [2.05, 4.69) is 0 Å². The van der Waals surface area contributed by atoms with Crippen molar-refractivity contribution in [3.05, 3.63) is 29.8 Å². The summed E-state index contributed by atoms with van der Waals surface area (Å²) in [5, 5.41) is 0. The largest absolute Gasteiger partial charge is 0.296 e. The Morgan fingerprint density at radius 2 is 1.78 bits per heavy atom. The minimum absolute atomic E-state index is 0.0103. The summed E-state index contributed by atoms with van der Waals surface area (Å²) in [6.45, 7) is 1.78. The monoisotopic (exact) mass is 290 g/mol. The van der Waals surface area contributed by atoms with E-state index < -0.39 is 20.0 Å². The molecule has 1 aliphatic rings. The SMILES string of the molecule is Cc1ccc(S(=O)(=O)OCC2CS(=O)(=O)C2)cc1. The van der Waals surface area contributed by atoms with Crippen LogP contribution in [0, 0.1) is 12.8 Å². The van der Waals surface area contributed by atoms with Gasteiger partial charge in [0.25, 0.3) is 10.1 Å². The molecule has 0 aliphatic carbocycles. The molecule has 0 spiro atoms. The second-order valence-corrected chi connectivity index (χ2v) is 8.26. The molecule has 0 atom stereocenters. The Morgan fingerprint density at radius 1 is 1.22 bits per heavy atom. The van der Waals surface area contributed by atoms with Gasteiger partial charge in [-0.3, -0.25) is 4.18 Å². The van der Waals surface area contributed by atoms with Crippen LogP contribution in [0.4, 0.5) is 0 Å². The number of benzene rings is 1. The second-order valence-electron chi connectivity index (χ2n) is 4.49. The summed E-state index contributed by atoms with van der Waals surface area (Å²) < 4.78 is 50.3. The first-order chi connectivity index (χ1) is 8.28. The maximum absolute atomic E-state index is 11.8. The van der Waals surface area contributed by atoms with Gasteiger partial charge in [-0.25, -0.2) is 8.42 Å². The van der Waals surface area contributed by atoms with Gasteiger partial charge >= 0.3 is 0 Å². The van der Waals surface area contributed by atoms with Crippen molar-refractivity contribution in [2.45, 2.75) is 11.8 Å². The smallest absolute Gasteiger partial charge is 0.266 e. The fourth-order valence-corrected chi connectivity index (χ4v) is 4.23. The van der Waals surface area contributed by atoms with Crippen LogP contribution in [0.1, 0.15) is 5.56 Å². The zero-order valence-corrected chi connectivity index (χ0v) is 11.5. The number of hydrogen-bond donors (Lipinski definition) is 0. The molecule has 18 heavy (non-hydrogen) atoms. The molecule has 0 saturated carbocycles. The highest BCUT2D eigenvalue weighted by atomic mass is 32.2. The molecule has 1 saturated heterocycles. The third kappa shape index (κ3) is 3.09. The Labute approximate surface area is 107 Å². The Morgan fingerprint density at radius 3 is 2.28 bits per heavy atom. The van der Waals surface area contributed by atoms with Crippen LogP contribution in [0.5, 0.6) is 0 Å². The summed E-state index contributed by atoms with van der Waals surface area (Å²) in [5.41, 5.74) is 0.957. The van der Waals surface area contributed by atoms with Crippen LogP contribution in [-0.4, -0.2) is 34.9 Å². The molecule has 5 nitrogen and oxygen atoms in total. The maximum atomic E-state index is 11.8. The highest BCUT2D eigenvalue weighted by Crippen LogP contribution is 2.21. The number of rotatable bonds is 4. The van der Waals surface area contributed by atoms with Crippen LogP contribution < -0.4 is 0 Å². The minimum Gasteiger partial charge on any atom is -0.266 e. The molecule has 0 unspecified atom stereocenters. The van der Waals surface area contributed by atoms with E-state index in [1.807, 2.05) is 6.92 Å². The molecule has 0 amide bonds. The number of hydrogen-bond acceptors (Lipinski definition) is 5. The highest BCUT2D eigenvalue weighted by Gasteiger charge is 2.34. The van der Waals surface area contributed by atoms with E-state index in [1.165, 1.54) is 12.1 Å². The summed E-state index contributed by atoms with van der Waals surface area (Å²) >= 11 is 0. The molecular weight excluding hydrogens is 276 g/mol. The lowest BCUT2D eigenvalue weighted by molar-refractivity contribution is 0.268. The Kier molecular flexibility index (Phi) is 3.48. The van der Waals surface area contributed by atoms with E-state index in [4.69, 9.17) is 4.18 Å². The molecule has 1 aliphatic heterocycles. The van der Waals surface area contributed by atoms with Crippen LogP contribution in [0.3, 0.4) is 0 Å². The lowest BCUT2D eigenvalue weighted by Gasteiger charge is -2.24. The van der Waals surface area contributed by atoms with Gasteiger partial charge in [-0.15, -0.1) is 0 Å². The fraction of sp³-hybridized carbons (Fsp3) is 0.455. The first kappa shape index (κ1) is 13.5. The van der Waals surface area contributed by atoms with Gasteiger partial charge in [0.05, 0.1) is 23.0 Å². The first-order valence-corrected chi connectivity index (χ1v) is 8.68. The second kappa shape index (κ2) is 4.64. The zero-order chi connectivity index (χ0) is 13.4. The summed E-state index contributed by atoms with van der Waals surface area (Å²) in [7, 11) is -6.72. The molecule has 0 radical (unpaired) electrons. The third-order valence-corrected chi connectivity index (χ3v) is 6.00. The van der Waals surface area contributed by atoms with Gasteiger partial charge in [-0.05, 0) is 19.1 Å². The molecule has 100 valence electrons. The number of aryl methyl sites for hydroxylation is 1. The molecule has 1 aromatic rings. The van der Waals surface area contributed by atoms with Crippen molar-refractivity contribution in [3.8, 4) is 0 Å². The average Bonchev–Trinajstić information content (AvgIpc) is 2.24. The van der Waals surface area contributed by atoms with Gasteiger partial charge in [0.2, 0.25) is 0 Å². The predicted octanol–water partition coefficient (Wildman–Crippen LogP) is 0.745. The molecule has 0 N–H and O–H groups in total.